The molecule has 3 heterocycles. The van der Waals surface area contributed by atoms with Crippen molar-refractivity contribution in [3.05, 3.63) is 12.3 Å². The molecule has 126 valence electrons. The number of likely N-dealkylation sites (tertiary alicyclic amines) is 1. The summed E-state index contributed by atoms with van der Waals surface area (Å²) in [4.78, 5) is 25.4. The Morgan fingerprint density at radius 2 is 2.26 bits per heavy atom. The maximum atomic E-state index is 12.4. The molecule has 3 rings (SSSR count). The number of aromatic nitrogens is 2. The highest BCUT2D eigenvalue weighted by Crippen LogP contribution is 2.24. The monoisotopic (exact) mass is 320 g/mol. The maximum Gasteiger partial charge on any atom is 0.225 e. The van der Waals surface area contributed by atoms with E-state index in [2.05, 4.69) is 10.4 Å². The van der Waals surface area contributed by atoms with Gasteiger partial charge in [0.1, 0.15) is 0 Å². The SMILES string of the molecule is CC(=O)Nc1ccn([C@H]2CCN(C(=O)C[C@@H]3CCCCO3)C2)n1. The van der Waals surface area contributed by atoms with Gasteiger partial charge in [-0.3, -0.25) is 14.3 Å². The highest BCUT2D eigenvalue weighted by atomic mass is 16.5. The summed E-state index contributed by atoms with van der Waals surface area (Å²) in [5, 5.41) is 7.03. The van der Waals surface area contributed by atoms with Crippen LogP contribution in [0.15, 0.2) is 12.3 Å². The van der Waals surface area contributed by atoms with Crippen LogP contribution in [0.2, 0.25) is 0 Å². The summed E-state index contributed by atoms with van der Waals surface area (Å²) in [6.07, 6.45) is 6.57. The molecule has 0 saturated carbocycles. The summed E-state index contributed by atoms with van der Waals surface area (Å²) in [6, 6.07) is 1.95. The zero-order chi connectivity index (χ0) is 16.2. The molecule has 1 aromatic heterocycles. The van der Waals surface area contributed by atoms with E-state index in [1.807, 2.05) is 15.8 Å². The third-order valence-corrected chi connectivity index (χ3v) is 4.48. The quantitative estimate of drug-likeness (QED) is 0.914. The van der Waals surface area contributed by atoms with E-state index in [1.54, 1.807) is 6.07 Å². The first-order valence-corrected chi connectivity index (χ1v) is 8.34. The van der Waals surface area contributed by atoms with Gasteiger partial charge in [0, 0.05) is 38.9 Å². The Labute approximate surface area is 136 Å². The van der Waals surface area contributed by atoms with Crippen molar-refractivity contribution in [3.8, 4) is 0 Å². The van der Waals surface area contributed by atoms with Crippen molar-refractivity contribution in [2.24, 2.45) is 0 Å². The fourth-order valence-corrected chi connectivity index (χ4v) is 3.26. The van der Waals surface area contributed by atoms with Crippen molar-refractivity contribution in [3.63, 3.8) is 0 Å². The maximum absolute atomic E-state index is 12.4. The topological polar surface area (TPSA) is 76.5 Å². The average molecular weight is 320 g/mol. The highest BCUT2D eigenvalue weighted by Gasteiger charge is 2.29. The molecular weight excluding hydrogens is 296 g/mol. The lowest BCUT2D eigenvalue weighted by Gasteiger charge is -2.24. The van der Waals surface area contributed by atoms with Crippen molar-refractivity contribution >= 4 is 17.6 Å². The molecule has 0 aliphatic carbocycles. The Morgan fingerprint density at radius 3 is 3.00 bits per heavy atom. The standard InChI is InChI=1S/C16H24N4O3/c1-12(21)17-15-6-8-20(18-15)13-5-7-19(11-13)16(22)10-14-4-2-3-9-23-14/h6,8,13-14H,2-5,7,9-11H2,1H3,(H,17,18,21)/t13-,14-/m0/s1. The predicted molar refractivity (Wildman–Crippen MR) is 85.0 cm³/mol. The van der Waals surface area contributed by atoms with E-state index in [9.17, 15) is 9.59 Å². The molecule has 1 N–H and O–H groups in total. The van der Waals surface area contributed by atoms with Crippen molar-refractivity contribution in [1.82, 2.24) is 14.7 Å². The molecule has 2 aliphatic heterocycles. The minimum Gasteiger partial charge on any atom is -0.378 e. The molecule has 2 amide bonds. The summed E-state index contributed by atoms with van der Waals surface area (Å²) in [7, 11) is 0. The third-order valence-electron chi connectivity index (χ3n) is 4.48. The van der Waals surface area contributed by atoms with Crippen molar-refractivity contribution in [2.45, 2.75) is 51.2 Å². The lowest BCUT2D eigenvalue weighted by atomic mass is 10.1. The number of nitrogens with one attached hydrogen (secondary N) is 1. The lowest BCUT2D eigenvalue weighted by molar-refractivity contribution is -0.134. The fourth-order valence-electron chi connectivity index (χ4n) is 3.26. The zero-order valence-corrected chi connectivity index (χ0v) is 13.5. The second-order valence-corrected chi connectivity index (χ2v) is 6.34. The second-order valence-electron chi connectivity index (χ2n) is 6.34. The number of nitrogens with zero attached hydrogens (tertiary/aromatic N) is 3. The van der Waals surface area contributed by atoms with Gasteiger partial charge in [0.15, 0.2) is 5.82 Å². The van der Waals surface area contributed by atoms with Gasteiger partial charge in [-0.2, -0.15) is 5.10 Å². The van der Waals surface area contributed by atoms with Crippen molar-refractivity contribution in [2.75, 3.05) is 25.0 Å². The van der Waals surface area contributed by atoms with Crippen LogP contribution in [0, 0.1) is 0 Å². The van der Waals surface area contributed by atoms with E-state index in [-0.39, 0.29) is 24.0 Å². The lowest BCUT2D eigenvalue weighted by Crippen LogP contribution is -2.33. The van der Waals surface area contributed by atoms with E-state index in [1.165, 1.54) is 6.92 Å². The van der Waals surface area contributed by atoms with Gasteiger partial charge in [0.2, 0.25) is 11.8 Å². The number of anilines is 1. The molecule has 2 aliphatic rings. The minimum absolute atomic E-state index is 0.0892. The van der Waals surface area contributed by atoms with Crippen LogP contribution in [0.1, 0.15) is 45.1 Å². The highest BCUT2D eigenvalue weighted by molar-refractivity contribution is 5.87. The van der Waals surface area contributed by atoms with Crippen LogP contribution < -0.4 is 5.32 Å². The summed E-state index contributed by atoms with van der Waals surface area (Å²) in [6.45, 7) is 3.67. The number of ether oxygens (including phenoxy) is 1. The van der Waals surface area contributed by atoms with Crippen molar-refractivity contribution in [1.29, 1.82) is 0 Å². The molecule has 0 unspecified atom stereocenters. The van der Waals surface area contributed by atoms with Crippen LogP contribution in [-0.4, -0.2) is 52.3 Å². The molecule has 7 heteroatoms. The van der Waals surface area contributed by atoms with Crippen molar-refractivity contribution < 1.29 is 14.3 Å². The van der Waals surface area contributed by atoms with Gasteiger partial charge in [0.25, 0.3) is 0 Å². The molecule has 0 spiro atoms. The molecule has 23 heavy (non-hydrogen) atoms. The second kappa shape index (κ2) is 7.12. The summed E-state index contributed by atoms with van der Waals surface area (Å²) >= 11 is 0. The molecule has 7 nitrogen and oxygen atoms in total. The number of carbonyl (C=O) groups is 2. The molecule has 2 atom stereocenters. The number of amides is 2. The number of carbonyl (C=O) groups excluding carboxylic acids is 2. The normalized spacial score (nSPS) is 24.7. The number of rotatable bonds is 4. The van der Waals surface area contributed by atoms with Crippen LogP contribution in [0.3, 0.4) is 0 Å². The van der Waals surface area contributed by atoms with Crippen LogP contribution >= 0.6 is 0 Å². The Bertz CT molecular complexity index is 565. The van der Waals surface area contributed by atoms with E-state index in [0.29, 0.717) is 18.8 Å². The van der Waals surface area contributed by atoms with E-state index in [0.717, 1.165) is 38.8 Å². The molecular formula is C16H24N4O3. The van der Waals surface area contributed by atoms with Crippen LogP contribution in [0.5, 0.6) is 0 Å². The Morgan fingerprint density at radius 1 is 1.39 bits per heavy atom. The smallest absolute Gasteiger partial charge is 0.225 e. The van der Waals surface area contributed by atoms with E-state index < -0.39 is 0 Å². The minimum atomic E-state index is -0.133. The van der Waals surface area contributed by atoms with Crippen LogP contribution in [-0.2, 0) is 14.3 Å². The molecule has 2 saturated heterocycles. The molecule has 0 bridgehead atoms. The van der Waals surface area contributed by atoms with Gasteiger partial charge >= 0.3 is 0 Å². The zero-order valence-electron chi connectivity index (χ0n) is 13.5. The molecule has 0 aromatic carbocycles. The van der Waals surface area contributed by atoms with E-state index in [4.69, 9.17) is 4.74 Å². The summed E-state index contributed by atoms with van der Waals surface area (Å²) < 4.78 is 7.50. The summed E-state index contributed by atoms with van der Waals surface area (Å²) in [5.74, 6) is 0.595. The first-order chi connectivity index (χ1) is 11.1. The molecule has 2 fully saturated rings. The Balaban J connectivity index is 1.52. The number of hydrogen-bond acceptors (Lipinski definition) is 4. The predicted octanol–water partition coefficient (Wildman–Crippen LogP) is 1.57. The van der Waals surface area contributed by atoms with Crippen LogP contribution in [0.25, 0.3) is 0 Å². The Kier molecular flexibility index (Phi) is 4.95. The summed E-state index contributed by atoms with van der Waals surface area (Å²) in [5.41, 5.74) is 0. The van der Waals surface area contributed by atoms with Gasteiger partial charge in [-0.15, -0.1) is 0 Å². The molecule has 1 aromatic rings. The van der Waals surface area contributed by atoms with Gasteiger partial charge in [-0.05, 0) is 25.7 Å². The average Bonchev–Trinajstić information content (AvgIpc) is 3.16. The largest absolute Gasteiger partial charge is 0.378 e. The Hall–Kier alpha value is -1.89. The first-order valence-electron chi connectivity index (χ1n) is 8.34. The van der Waals surface area contributed by atoms with Crippen LogP contribution in [0.4, 0.5) is 5.82 Å². The number of hydrogen-bond donors (Lipinski definition) is 1. The fraction of sp³-hybridized carbons (Fsp3) is 0.688. The van der Waals surface area contributed by atoms with E-state index >= 15 is 0 Å². The molecule has 0 radical (unpaired) electrons. The van der Waals surface area contributed by atoms with Gasteiger partial charge < -0.3 is 15.0 Å². The first kappa shape index (κ1) is 16.0. The van der Waals surface area contributed by atoms with Gasteiger partial charge in [0.05, 0.1) is 18.6 Å². The third kappa shape index (κ3) is 4.10. The van der Waals surface area contributed by atoms with Gasteiger partial charge in [-0.25, -0.2) is 0 Å². The van der Waals surface area contributed by atoms with Gasteiger partial charge in [-0.1, -0.05) is 0 Å².